The molecular weight excluding hydrogens is 254 g/mol. The fourth-order valence-electron chi connectivity index (χ4n) is 2.29. The summed E-state index contributed by atoms with van der Waals surface area (Å²) in [6.45, 7) is 9.58. The van der Waals surface area contributed by atoms with Crippen molar-refractivity contribution in [3.05, 3.63) is 17.8 Å². The minimum atomic E-state index is -0.461. The number of esters is 1. The molecule has 1 heterocycles. The number of nitrogens with two attached hydrogens (primary N) is 1. The lowest BCUT2D eigenvalue weighted by atomic mass is 9.85. The van der Waals surface area contributed by atoms with Gasteiger partial charge in [-0.2, -0.15) is 0 Å². The number of rotatable bonds is 6. The number of pyridine rings is 1. The van der Waals surface area contributed by atoms with E-state index in [9.17, 15) is 4.79 Å². The van der Waals surface area contributed by atoms with Gasteiger partial charge < -0.3 is 15.8 Å². The molecule has 1 aromatic rings. The molecule has 1 aromatic heterocycles. The number of hydrogen-bond acceptors (Lipinski definition) is 5. The molecule has 0 radical (unpaired) electrons. The van der Waals surface area contributed by atoms with Gasteiger partial charge in [-0.05, 0) is 29.9 Å². The van der Waals surface area contributed by atoms with Crippen molar-refractivity contribution < 1.29 is 9.53 Å². The highest BCUT2D eigenvalue weighted by molar-refractivity contribution is 5.88. The van der Waals surface area contributed by atoms with E-state index in [1.165, 1.54) is 7.11 Å². The van der Waals surface area contributed by atoms with E-state index < -0.39 is 5.97 Å². The summed E-state index contributed by atoms with van der Waals surface area (Å²) in [6, 6.07) is 3.23. The van der Waals surface area contributed by atoms with Crippen LogP contribution in [0, 0.1) is 17.8 Å². The Morgan fingerprint density at radius 1 is 1.30 bits per heavy atom. The molecule has 0 fully saturated rings. The van der Waals surface area contributed by atoms with Crippen LogP contribution in [-0.4, -0.2) is 24.6 Å². The Kier molecular flexibility index (Phi) is 5.80. The predicted molar refractivity (Wildman–Crippen MR) is 81.6 cm³/mol. The van der Waals surface area contributed by atoms with Crippen molar-refractivity contribution >= 4 is 17.5 Å². The molecule has 0 amide bonds. The first-order valence-corrected chi connectivity index (χ1v) is 6.95. The number of methoxy groups -OCH3 is 1. The van der Waals surface area contributed by atoms with Crippen LogP contribution in [0.25, 0.3) is 0 Å². The number of hydrogen-bond donors (Lipinski definition) is 2. The van der Waals surface area contributed by atoms with Crippen molar-refractivity contribution in [3.63, 3.8) is 0 Å². The smallest absolute Gasteiger partial charge is 0.356 e. The third kappa shape index (κ3) is 4.11. The Morgan fingerprint density at radius 3 is 2.40 bits per heavy atom. The van der Waals surface area contributed by atoms with Gasteiger partial charge >= 0.3 is 5.97 Å². The maximum atomic E-state index is 11.5. The van der Waals surface area contributed by atoms with Crippen LogP contribution in [-0.2, 0) is 4.74 Å². The standard InChI is InChI=1S/C15H25N3O2/c1-9(2)11(10(3)4)8-17-14-12(16)6-7-13(18-14)15(19)20-5/h6-7,9-11H,8,16H2,1-5H3,(H,17,18). The Morgan fingerprint density at radius 2 is 1.90 bits per heavy atom. The molecule has 0 aromatic carbocycles. The number of nitrogens with zero attached hydrogens (tertiary/aromatic N) is 1. The van der Waals surface area contributed by atoms with Crippen molar-refractivity contribution in [1.82, 2.24) is 4.98 Å². The van der Waals surface area contributed by atoms with Gasteiger partial charge in [0.2, 0.25) is 0 Å². The van der Waals surface area contributed by atoms with Gasteiger partial charge in [0.05, 0.1) is 12.8 Å². The number of carbonyl (C=O) groups excluding carboxylic acids is 1. The van der Waals surface area contributed by atoms with Crippen LogP contribution in [0.3, 0.4) is 0 Å². The lowest BCUT2D eigenvalue weighted by molar-refractivity contribution is 0.0594. The van der Waals surface area contributed by atoms with Gasteiger partial charge in [0, 0.05) is 6.54 Å². The van der Waals surface area contributed by atoms with Gasteiger partial charge in [-0.25, -0.2) is 9.78 Å². The molecule has 112 valence electrons. The Balaban J connectivity index is 2.83. The van der Waals surface area contributed by atoms with E-state index in [4.69, 9.17) is 5.73 Å². The first-order chi connectivity index (χ1) is 9.36. The highest BCUT2D eigenvalue weighted by Crippen LogP contribution is 2.23. The normalized spacial score (nSPS) is 11.2. The third-order valence-corrected chi connectivity index (χ3v) is 3.54. The highest BCUT2D eigenvalue weighted by atomic mass is 16.5. The number of nitrogen functional groups attached to an aromatic ring is 1. The molecule has 0 bridgehead atoms. The monoisotopic (exact) mass is 279 g/mol. The molecule has 0 saturated carbocycles. The van der Waals surface area contributed by atoms with Gasteiger partial charge in [-0.3, -0.25) is 0 Å². The van der Waals surface area contributed by atoms with E-state index in [0.29, 0.717) is 29.3 Å². The molecule has 0 spiro atoms. The van der Waals surface area contributed by atoms with E-state index in [-0.39, 0.29) is 5.69 Å². The summed E-state index contributed by atoms with van der Waals surface area (Å²) in [6.07, 6.45) is 0. The molecule has 0 aliphatic carbocycles. The quantitative estimate of drug-likeness (QED) is 0.783. The molecule has 0 aliphatic heterocycles. The fraction of sp³-hybridized carbons (Fsp3) is 0.600. The molecule has 0 aliphatic rings. The molecule has 0 saturated heterocycles. The molecule has 0 unspecified atom stereocenters. The number of nitrogens with one attached hydrogen (secondary N) is 1. The first-order valence-electron chi connectivity index (χ1n) is 6.95. The van der Waals surface area contributed by atoms with Gasteiger partial charge in [0.15, 0.2) is 5.69 Å². The third-order valence-electron chi connectivity index (χ3n) is 3.54. The Hall–Kier alpha value is -1.78. The molecule has 5 heteroatoms. The Labute approximate surface area is 120 Å². The van der Waals surface area contributed by atoms with Gasteiger partial charge in [0.25, 0.3) is 0 Å². The molecule has 3 N–H and O–H groups in total. The maximum absolute atomic E-state index is 11.5. The maximum Gasteiger partial charge on any atom is 0.356 e. The summed E-state index contributed by atoms with van der Waals surface area (Å²) in [4.78, 5) is 15.7. The highest BCUT2D eigenvalue weighted by Gasteiger charge is 2.18. The predicted octanol–water partition coefficient (Wildman–Crippen LogP) is 2.79. The number of carbonyl (C=O) groups is 1. The van der Waals surface area contributed by atoms with Crippen LogP contribution in [0.1, 0.15) is 38.2 Å². The average Bonchev–Trinajstić information content (AvgIpc) is 2.39. The van der Waals surface area contributed by atoms with Crippen molar-refractivity contribution in [2.75, 3.05) is 24.7 Å². The number of aromatic nitrogens is 1. The lowest BCUT2D eigenvalue weighted by Gasteiger charge is -2.25. The summed E-state index contributed by atoms with van der Waals surface area (Å²) in [7, 11) is 1.33. The van der Waals surface area contributed by atoms with E-state index in [0.717, 1.165) is 6.54 Å². The van der Waals surface area contributed by atoms with Crippen molar-refractivity contribution in [2.24, 2.45) is 17.8 Å². The van der Waals surface area contributed by atoms with E-state index >= 15 is 0 Å². The van der Waals surface area contributed by atoms with Crippen LogP contribution in [0.2, 0.25) is 0 Å². The van der Waals surface area contributed by atoms with Gasteiger partial charge in [-0.1, -0.05) is 27.7 Å². The van der Waals surface area contributed by atoms with E-state index in [1.807, 2.05) is 0 Å². The second-order valence-corrected chi connectivity index (χ2v) is 5.66. The van der Waals surface area contributed by atoms with Crippen LogP contribution in [0.4, 0.5) is 11.5 Å². The van der Waals surface area contributed by atoms with Gasteiger partial charge in [0.1, 0.15) is 5.82 Å². The summed E-state index contributed by atoms with van der Waals surface area (Å²) < 4.78 is 4.66. The first kappa shape index (κ1) is 16.3. The SMILES string of the molecule is COC(=O)c1ccc(N)c(NCC(C(C)C)C(C)C)n1. The zero-order valence-electron chi connectivity index (χ0n) is 12.9. The molecule has 0 atom stereocenters. The zero-order valence-corrected chi connectivity index (χ0v) is 12.9. The molecule has 5 nitrogen and oxygen atoms in total. The summed E-state index contributed by atoms with van der Waals surface area (Å²) in [5.74, 6) is 1.72. The van der Waals surface area contributed by atoms with Crippen molar-refractivity contribution in [3.8, 4) is 0 Å². The van der Waals surface area contributed by atoms with Crippen molar-refractivity contribution in [2.45, 2.75) is 27.7 Å². The fourth-order valence-corrected chi connectivity index (χ4v) is 2.29. The minimum absolute atomic E-state index is 0.259. The van der Waals surface area contributed by atoms with Crippen molar-refractivity contribution in [1.29, 1.82) is 0 Å². The minimum Gasteiger partial charge on any atom is -0.464 e. The second kappa shape index (κ2) is 7.12. The van der Waals surface area contributed by atoms with Crippen LogP contribution in [0.5, 0.6) is 0 Å². The average molecular weight is 279 g/mol. The lowest BCUT2D eigenvalue weighted by Crippen LogP contribution is -2.25. The molecular formula is C15H25N3O2. The summed E-state index contributed by atoms with van der Waals surface area (Å²) in [5.41, 5.74) is 6.68. The summed E-state index contributed by atoms with van der Waals surface area (Å²) in [5, 5.41) is 3.25. The molecule has 1 rings (SSSR count). The Bertz CT molecular complexity index is 450. The van der Waals surface area contributed by atoms with Crippen LogP contribution < -0.4 is 11.1 Å². The zero-order chi connectivity index (χ0) is 15.3. The largest absolute Gasteiger partial charge is 0.464 e. The van der Waals surface area contributed by atoms with E-state index in [1.54, 1.807) is 12.1 Å². The molecule has 20 heavy (non-hydrogen) atoms. The van der Waals surface area contributed by atoms with Crippen LogP contribution in [0.15, 0.2) is 12.1 Å². The number of ether oxygens (including phenoxy) is 1. The van der Waals surface area contributed by atoms with Crippen LogP contribution >= 0.6 is 0 Å². The number of anilines is 2. The van der Waals surface area contributed by atoms with Gasteiger partial charge in [-0.15, -0.1) is 0 Å². The summed E-state index contributed by atoms with van der Waals surface area (Å²) >= 11 is 0. The topological polar surface area (TPSA) is 77.2 Å². The van der Waals surface area contributed by atoms with E-state index in [2.05, 4.69) is 42.7 Å². The second-order valence-electron chi connectivity index (χ2n) is 5.66.